The van der Waals surface area contributed by atoms with Gasteiger partial charge in [-0.25, -0.2) is 4.79 Å². The second-order valence-electron chi connectivity index (χ2n) is 7.21. The van der Waals surface area contributed by atoms with Crippen molar-refractivity contribution in [1.82, 2.24) is 0 Å². The Bertz CT molecular complexity index is 999. The molecule has 0 radical (unpaired) electrons. The van der Waals surface area contributed by atoms with Crippen molar-refractivity contribution in [3.8, 4) is 0 Å². The molecule has 0 fully saturated rings. The smallest absolute Gasteiger partial charge is 0.338 e. The van der Waals surface area contributed by atoms with Crippen molar-refractivity contribution in [1.29, 1.82) is 0 Å². The van der Waals surface area contributed by atoms with Crippen LogP contribution in [0.15, 0.2) is 42.5 Å². The first-order valence-corrected chi connectivity index (χ1v) is 9.93. The number of esters is 1. The van der Waals surface area contributed by atoms with Crippen LogP contribution in [0.4, 0.5) is 11.4 Å². The summed E-state index contributed by atoms with van der Waals surface area (Å²) in [7, 11) is 0. The summed E-state index contributed by atoms with van der Waals surface area (Å²) in [6.07, 6.45) is 5.46. The van der Waals surface area contributed by atoms with Crippen molar-refractivity contribution in [2.24, 2.45) is 0 Å². The first kappa shape index (κ1) is 21.2. The molecule has 30 heavy (non-hydrogen) atoms. The van der Waals surface area contributed by atoms with Gasteiger partial charge in [-0.2, -0.15) is 0 Å². The maximum Gasteiger partial charge on any atom is 0.338 e. The number of nitro groups is 1. The van der Waals surface area contributed by atoms with Gasteiger partial charge >= 0.3 is 5.97 Å². The van der Waals surface area contributed by atoms with Gasteiger partial charge < -0.3 is 9.64 Å². The highest BCUT2D eigenvalue weighted by atomic mass is 16.6. The van der Waals surface area contributed by atoms with E-state index in [9.17, 15) is 19.7 Å². The average Bonchev–Trinajstić information content (AvgIpc) is 3.19. The van der Waals surface area contributed by atoms with E-state index in [1.165, 1.54) is 13.0 Å². The van der Waals surface area contributed by atoms with E-state index in [2.05, 4.69) is 0 Å². The molecule has 2 aromatic rings. The van der Waals surface area contributed by atoms with Crippen LogP contribution in [0.5, 0.6) is 0 Å². The van der Waals surface area contributed by atoms with Gasteiger partial charge in [-0.05, 0) is 60.4 Å². The molecule has 0 amide bonds. The maximum absolute atomic E-state index is 12.2. The number of hydrogen-bond donors (Lipinski definition) is 0. The molecule has 1 aliphatic rings. The van der Waals surface area contributed by atoms with Gasteiger partial charge in [-0.3, -0.25) is 14.9 Å². The number of ether oxygens (including phenoxy) is 1. The molecule has 1 unspecified atom stereocenters. The van der Waals surface area contributed by atoms with Crippen molar-refractivity contribution in [2.75, 3.05) is 18.1 Å². The summed E-state index contributed by atoms with van der Waals surface area (Å²) in [6, 6.07) is 10.1. The molecule has 1 aliphatic heterocycles. The van der Waals surface area contributed by atoms with Crippen LogP contribution in [0.2, 0.25) is 0 Å². The third kappa shape index (κ3) is 4.56. The lowest BCUT2D eigenvalue weighted by molar-refractivity contribution is -0.504. The molecular weight excluding hydrogens is 384 g/mol. The first-order valence-electron chi connectivity index (χ1n) is 9.93. The quantitative estimate of drug-likeness (QED) is 0.278. The van der Waals surface area contributed by atoms with E-state index in [1.807, 2.05) is 24.0 Å². The van der Waals surface area contributed by atoms with Gasteiger partial charge in [-0.15, -0.1) is 0 Å². The number of fused-ring (bicyclic) bond motifs is 1. The molecule has 0 bridgehead atoms. The molecule has 156 valence electrons. The molecule has 7 heteroatoms. The number of rotatable bonds is 8. The third-order valence-corrected chi connectivity index (χ3v) is 4.97. The predicted molar refractivity (Wildman–Crippen MR) is 115 cm³/mol. The number of benzene rings is 2. The highest BCUT2D eigenvalue weighted by molar-refractivity contribution is 5.93. The molecule has 0 N–H and O–H groups in total. The molecule has 2 aromatic carbocycles. The van der Waals surface area contributed by atoms with E-state index >= 15 is 0 Å². The first-order chi connectivity index (χ1) is 14.4. The molecule has 1 atom stereocenters. The van der Waals surface area contributed by atoms with Crippen LogP contribution < -0.4 is 4.90 Å². The van der Waals surface area contributed by atoms with Gasteiger partial charge in [0.1, 0.15) is 0 Å². The van der Waals surface area contributed by atoms with Crippen molar-refractivity contribution in [2.45, 2.75) is 32.7 Å². The van der Waals surface area contributed by atoms with Gasteiger partial charge in [0.25, 0.3) is 0 Å². The standard InChI is InChI=1S/C23H24N2O5/c1-3-11-30-23(27)19-5-4-6-21(14-19)24-10-9-18-12-17(8-7-16(2)25(28)29)13-20(15-26)22(18)24/h4-8,12-16H,3,9-11H2,1-2H3. The minimum Gasteiger partial charge on any atom is -0.462 e. The largest absolute Gasteiger partial charge is 0.462 e. The Morgan fingerprint density at radius 1 is 1.33 bits per heavy atom. The van der Waals surface area contributed by atoms with E-state index < -0.39 is 6.04 Å². The Kier molecular flexibility index (Phi) is 6.61. The van der Waals surface area contributed by atoms with Gasteiger partial charge in [0.15, 0.2) is 6.29 Å². The van der Waals surface area contributed by atoms with Crippen LogP contribution in [0, 0.1) is 10.1 Å². The van der Waals surface area contributed by atoms with E-state index in [1.54, 1.807) is 30.3 Å². The monoisotopic (exact) mass is 408 g/mol. The lowest BCUT2D eigenvalue weighted by Gasteiger charge is -2.22. The van der Waals surface area contributed by atoms with E-state index in [0.717, 1.165) is 41.6 Å². The van der Waals surface area contributed by atoms with Crippen LogP contribution in [0.25, 0.3) is 6.08 Å². The highest BCUT2D eigenvalue weighted by Gasteiger charge is 2.25. The van der Waals surface area contributed by atoms with Crippen molar-refractivity contribution in [3.63, 3.8) is 0 Å². The van der Waals surface area contributed by atoms with Crippen LogP contribution in [0.1, 0.15) is 52.1 Å². The summed E-state index contributed by atoms with van der Waals surface area (Å²) in [6.45, 7) is 4.48. The highest BCUT2D eigenvalue weighted by Crippen LogP contribution is 2.38. The normalized spacial score (nSPS) is 13.9. The van der Waals surface area contributed by atoms with Gasteiger partial charge in [0.2, 0.25) is 6.04 Å². The molecule has 3 rings (SSSR count). The minimum absolute atomic E-state index is 0.367. The summed E-state index contributed by atoms with van der Waals surface area (Å²) in [5, 5.41) is 10.8. The summed E-state index contributed by atoms with van der Waals surface area (Å²) in [5.74, 6) is -0.367. The molecule has 0 spiro atoms. The summed E-state index contributed by atoms with van der Waals surface area (Å²) in [5.41, 5.74) is 4.35. The molecule has 7 nitrogen and oxygen atoms in total. The Labute approximate surface area is 175 Å². The molecule has 0 saturated carbocycles. The Morgan fingerprint density at radius 2 is 2.13 bits per heavy atom. The average molecular weight is 408 g/mol. The van der Waals surface area contributed by atoms with Crippen molar-refractivity contribution >= 4 is 29.7 Å². The van der Waals surface area contributed by atoms with E-state index in [-0.39, 0.29) is 10.9 Å². The second-order valence-corrected chi connectivity index (χ2v) is 7.21. The Balaban J connectivity index is 1.92. The fourth-order valence-electron chi connectivity index (χ4n) is 3.45. The zero-order chi connectivity index (χ0) is 21.7. The number of anilines is 2. The van der Waals surface area contributed by atoms with Crippen molar-refractivity contribution in [3.05, 3.63) is 74.8 Å². The van der Waals surface area contributed by atoms with Crippen LogP contribution in [-0.2, 0) is 11.2 Å². The fourth-order valence-corrected chi connectivity index (χ4v) is 3.45. The number of nitrogens with zero attached hydrogens (tertiary/aromatic N) is 2. The zero-order valence-corrected chi connectivity index (χ0v) is 17.0. The molecule has 1 heterocycles. The number of aldehydes is 1. The fraction of sp³-hybridized carbons (Fsp3) is 0.304. The summed E-state index contributed by atoms with van der Waals surface area (Å²) in [4.78, 5) is 36.5. The van der Waals surface area contributed by atoms with Gasteiger partial charge in [-0.1, -0.05) is 19.1 Å². The zero-order valence-electron chi connectivity index (χ0n) is 17.0. The van der Waals surface area contributed by atoms with Gasteiger partial charge in [0.05, 0.1) is 17.9 Å². The van der Waals surface area contributed by atoms with E-state index in [4.69, 9.17) is 4.74 Å². The summed E-state index contributed by atoms with van der Waals surface area (Å²) < 4.78 is 5.22. The second kappa shape index (κ2) is 9.35. The Hall–Kier alpha value is -3.48. The summed E-state index contributed by atoms with van der Waals surface area (Å²) >= 11 is 0. The molecular formula is C23H24N2O5. The van der Waals surface area contributed by atoms with Crippen LogP contribution >= 0.6 is 0 Å². The topological polar surface area (TPSA) is 89.8 Å². The lowest BCUT2D eigenvalue weighted by atomic mass is 10.0. The number of carbonyl (C=O) groups is 2. The SMILES string of the molecule is CCCOC(=O)c1cccc(N2CCc3cc(C=CC(C)[N+](=O)[O-])cc(C=O)c32)c1. The third-order valence-electron chi connectivity index (χ3n) is 4.97. The maximum atomic E-state index is 12.2. The minimum atomic E-state index is -0.801. The molecule has 0 aromatic heterocycles. The lowest BCUT2D eigenvalue weighted by Crippen LogP contribution is -2.16. The Morgan fingerprint density at radius 3 is 2.83 bits per heavy atom. The van der Waals surface area contributed by atoms with E-state index in [0.29, 0.717) is 24.3 Å². The van der Waals surface area contributed by atoms with Crippen LogP contribution in [0.3, 0.4) is 0 Å². The predicted octanol–water partition coefficient (Wildman–Crippen LogP) is 4.44. The number of hydrogen-bond acceptors (Lipinski definition) is 6. The van der Waals surface area contributed by atoms with Gasteiger partial charge in [0, 0.05) is 29.6 Å². The van der Waals surface area contributed by atoms with Crippen LogP contribution in [-0.4, -0.2) is 36.4 Å². The number of carbonyl (C=O) groups excluding carboxylic acids is 2. The van der Waals surface area contributed by atoms with Crippen molar-refractivity contribution < 1.29 is 19.2 Å². The molecule has 0 aliphatic carbocycles. The molecule has 0 saturated heterocycles.